The number of hydrogen-bond donors (Lipinski definition) is 1. The Morgan fingerprint density at radius 2 is 2.03 bits per heavy atom. The van der Waals surface area contributed by atoms with Crippen molar-refractivity contribution in [2.75, 3.05) is 13.1 Å². The molecule has 2 amide bonds. The number of nitrogens with zero attached hydrogens (tertiary/aromatic N) is 3. The van der Waals surface area contributed by atoms with E-state index in [0.29, 0.717) is 37.3 Å². The molecule has 2 aromatic heterocycles. The molecule has 0 radical (unpaired) electrons. The number of piperidine rings is 1. The van der Waals surface area contributed by atoms with Gasteiger partial charge in [0, 0.05) is 49.6 Å². The highest BCUT2D eigenvalue weighted by atomic mass is 19.1. The number of nitrogens with one attached hydrogen (secondary N) is 1. The normalized spacial score (nSPS) is 14.5. The number of hydrogen-bond acceptors (Lipinski definition) is 5. The number of carbonyl (C=O) groups is 2. The average Bonchev–Trinajstić information content (AvgIpc) is 3.30. The molecule has 1 aliphatic rings. The average molecular weight is 422 g/mol. The van der Waals surface area contributed by atoms with Gasteiger partial charge in [0.15, 0.2) is 11.5 Å². The first kappa shape index (κ1) is 20.7. The van der Waals surface area contributed by atoms with E-state index in [2.05, 4.69) is 15.5 Å². The van der Waals surface area contributed by atoms with Gasteiger partial charge >= 0.3 is 0 Å². The lowest BCUT2D eigenvalue weighted by Crippen LogP contribution is -2.43. The molecular weight excluding hydrogens is 399 g/mol. The standard InChI is InChI=1S/C23H23FN4O3/c1-15-4-5-16(11-19(15)24)13-26-22(29)17-6-9-28(10-7-17)23(30)20-12-21(31-27-20)18-3-2-8-25-14-18/h2-5,8,11-12,14,17H,6-7,9-10,13H2,1H3,(H,26,29). The molecule has 0 aliphatic carbocycles. The lowest BCUT2D eigenvalue weighted by molar-refractivity contribution is -0.126. The van der Waals surface area contributed by atoms with Crippen molar-refractivity contribution in [3.8, 4) is 11.3 Å². The third-order valence-corrected chi connectivity index (χ3v) is 5.53. The van der Waals surface area contributed by atoms with Crippen molar-refractivity contribution in [2.24, 2.45) is 5.92 Å². The van der Waals surface area contributed by atoms with E-state index >= 15 is 0 Å². The van der Waals surface area contributed by atoms with Crippen LogP contribution < -0.4 is 5.32 Å². The van der Waals surface area contributed by atoms with Gasteiger partial charge in [0.05, 0.1) is 0 Å². The van der Waals surface area contributed by atoms with Crippen LogP contribution in [0, 0.1) is 18.7 Å². The number of aryl methyl sites for hydroxylation is 1. The SMILES string of the molecule is Cc1ccc(CNC(=O)C2CCN(C(=O)c3cc(-c4cccnc4)on3)CC2)cc1F. The van der Waals surface area contributed by atoms with E-state index in [9.17, 15) is 14.0 Å². The van der Waals surface area contributed by atoms with Crippen LogP contribution in [-0.2, 0) is 11.3 Å². The van der Waals surface area contributed by atoms with E-state index in [1.165, 1.54) is 6.07 Å². The molecular formula is C23H23FN4O3. The Hall–Kier alpha value is -3.55. The van der Waals surface area contributed by atoms with Crippen molar-refractivity contribution in [1.29, 1.82) is 0 Å². The van der Waals surface area contributed by atoms with Crippen molar-refractivity contribution in [2.45, 2.75) is 26.3 Å². The van der Waals surface area contributed by atoms with Crippen molar-refractivity contribution in [3.63, 3.8) is 0 Å². The number of likely N-dealkylation sites (tertiary alicyclic amines) is 1. The monoisotopic (exact) mass is 422 g/mol. The van der Waals surface area contributed by atoms with Crippen LogP contribution in [0.15, 0.2) is 53.3 Å². The molecule has 1 aromatic carbocycles. The lowest BCUT2D eigenvalue weighted by Gasteiger charge is -2.30. The maximum atomic E-state index is 13.6. The molecule has 7 nitrogen and oxygen atoms in total. The number of halogens is 1. The third kappa shape index (κ3) is 4.79. The summed E-state index contributed by atoms with van der Waals surface area (Å²) in [7, 11) is 0. The zero-order chi connectivity index (χ0) is 21.8. The van der Waals surface area contributed by atoms with E-state index in [-0.39, 0.29) is 35.8 Å². The molecule has 0 spiro atoms. The summed E-state index contributed by atoms with van der Waals surface area (Å²) in [6, 6.07) is 10.2. The quantitative estimate of drug-likeness (QED) is 0.681. The summed E-state index contributed by atoms with van der Waals surface area (Å²) in [6.07, 6.45) is 4.43. The maximum Gasteiger partial charge on any atom is 0.276 e. The van der Waals surface area contributed by atoms with Gasteiger partial charge in [-0.1, -0.05) is 17.3 Å². The van der Waals surface area contributed by atoms with Crippen LogP contribution in [0.2, 0.25) is 0 Å². The Balaban J connectivity index is 1.29. The highest BCUT2D eigenvalue weighted by Crippen LogP contribution is 2.23. The third-order valence-electron chi connectivity index (χ3n) is 5.53. The minimum atomic E-state index is -0.280. The number of pyridine rings is 1. The summed E-state index contributed by atoms with van der Waals surface area (Å²) in [4.78, 5) is 30.9. The van der Waals surface area contributed by atoms with Crippen LogP contribution in [0.5, 0.6) is 0 Å². The van der Waals surface area contributed by atoms with Crippen LogP contribution in [0.4, 0.5) is 4.39 Å². The summed E-state index contributed by atoms with van der Waals surface area (Å²) in [6.45, 7) is 2.91. The van der Waals surface area contributed by atoms with Gasteiger partial charge in [0.25, 0.3) is 5.91 Å². The largest absolute Gasteiger partial charge is 0.355 e. The van der Waals surface area contributed by atoms with Crippen molar-refractivity contribution in [3.05, 3.63) is 71.4 Å². The lowest BCUT2D eigenvalue weighted by atomic mass is 9.95. The molecule has 31 heavy (non-hydrogen) atoms. The van der Waals surface area contributed by atoms with E-state index in [1.807, 2.05) is 6.07 Å². The summed E-state index contributed by atoms with van der Waals surface area (Å²) in [5.74, 6) is -0.264. The first-order valence-corrected chi connectivity index (χ1v) is 10.2. The smallest absolute Gasteiger partial charge is 0.276 e. The summed E-state index contributed by atoms with van der Waals surface area (Å²) in [5, 5.41) is 6.76. The molecule has 4 rings (SSSR count). The van der Waals surface area contributed by atoms with E-state index in [0.717, 1.165) is 11.1 Å². The summed E-state index contributed by atoms with van der Waals surface area (Å²) >= 11 is 0. The highest BCUT2D eigenvalue weighted by Gasteiger charge is 2.29. The molecule has 0 saturated carbocycles. The van der Waals surface area contributed by atoms with Gasteiger partial charge in [-0.3, -0.25) is 14.6 Å². The number of carbonyl (C=O) groups excluding carboxylic acids is 2. The number of benzene rings is 1. The number of rotatable bonds is 5. The predicted molar refractivity (Wildman–Crippen MR) is 111 cm³/mol. The Morgan fingerprint density at radius 3 is 2.74 bits per heavy atom. The topological polar surface area (TPSA) is 88.3 Å². The second-order valence-corrected chi connectivity index (χ2v) is 7.69. The van der Waals surface area contributed by atoms with E-state index in [1.54, 1.807) is 48.5 Å². The van der Waals surface area contributed by atoms with Gasteiger partial charge in [0.2, 0.25) is 5.91 Å². The van der Waals surface area contributed by atoms with Crippen LogP contribution >= 0.6 is 0 Å². The molecule has 1 aliphatic heterocycles. The predicted octanol–water partition coefficient (Wildman–Crippen LogP) is 3.35. The zero-order valence-electron chi connectivity index (χ0n) is 17.2. The van der Waals surface area contributed by atoms with Crippen molar-refractivity contribution >= 4 is 11.8 Å². The maximum absolute atomic E-state index is 13.6. The molecule has 3 heterocycles. The van der Waals surface area contributed by atoms with Crippen LogP contribution in [-0.4, -0.2) is 39.9 Å². The molecule has 3 aromatic rings. The van der Waals surface area contributed by atoms with Crippen LogP contribution in [0.1, 0.15) is 34.5 Å². The second kappa shape index (κ2) is 9.07. The summed E-state index contributed by atoms with van der Waals surface area (Å²) in [5.41, 5.74) is 2.28. The van der Waals surface area contributed by atoms with E-state index < -0.39 is 0 Å². The molecule has 160 valence electrons. The Kier molecular flexibility index (Phi) is 6.06. The minimum Gasteiger partial charge on any atom is -0.355 e. The van der Waals surface area contributed by atoms with Gasteiger partial charge in [-0.15, -0.1) is 0 Å². The first-order valence-electron chi connectivity index (χ1n) is 10.2. The second-order valence-electron chi connectivity index (χ2n) is 7.69. The Morgan fingerprint density at radius 1 is 1.23 bits per heavy atom. The van der Waals surface area contributed by atoms with E-state index in [4.69, 9.17) is 4.52 Å². The molecule has 1 fully saturated rings. The fourth-order valence-electron chi connectivity index (χ4n) is 3.61. The van der Waals surface area contributed by atoms with Gasteiger partial charge in [-0.05, 0) is 49.1 Å². The Bertz CT molecular complexity index is 1080. The van der Waals surface area contributed by atoms with Crippen LogP contribution in [0.3, 0.4) is 0 Å². The van der Waals surface area contributed by atoms with Crippen LogP contribution in [0.25, 0.3) is 11.3 Å². The first-order chi connectivity index (χ1) is 15.0. The van der Waals surface area contributed by atoms with Crippen molar-refractivity contribution < 1.29 is 18.5 Å². The molecule has 1 N–H and O–H groups in total. The minimum absolute atomic E-state index is 0.0756. The van der Waals surface area contributed by atoms with Gasteiger partial charge in [0.1, 0.15) is 5.82 Å². The highest BCUT2D eigenvalue weighted by molar-refractivity contribution is 5.93. The molecule has 1 saturated heterocycles. The zero-order valence-corrected chi connectivity index (χ0v) is 17.2. The van der Waals surface area contributed by atoms with Gasteiger partial charge in [-0.25, -0.2) is 4.39 Å². The van der Waals surface area contributed by atoms with Crippen molar-refractivity contribution in [1.82, 2.24) is 20.4 Å². The fourth-order valence-corrected chi connectivity index (χ4v) is 3.61. The molecule has 8 heteroatoms. The molecule has 0 bridgehead atoms. The number of aromatic nitrogens is 2. The fraction of sp³-hybridized carbons (Fsp3) is 0.304. The molecule has 0 unspecified atom stereocenters. The van der Waals surface area contributed by atoms with Gasteiger partial charge in [-0.2, -0.15) is 0 Å². The summed E-state index contributed by atoms with van der Waals surface area (Å²) < 4.78 is 18.9. The Labute approximate surface area is 179 Å². The van der Waals surface area contributed by atoms with Gasteiger partial charge < -0.3 is 14.7 Å². The molecule has 0 atom stereocenters. The number of amides is 2.